The van der Waals surface area contributed by atoms with Gasteiger partial charge in [0, 0.05) is 13.6 Å². The molecule has 1 aliphatic carbocycles. The fraction of sp³-hybridized carbons (Fsp3) is 0.500. The van der Waals surface area contributed by atoms with E-state index in [-0.39, 0.29) is 11.8 Å². The van der Waals surface area contributed by atoms with Crippen molar-refractivity contribution < 1.29 is 19.4 Å². The fourth-order valence-electron chi connectivity index (χ4n) is 2.45. The average molecular weight is 291 g/mol. The van der Waals surface area contributed by atoms with Gasteiger partial charge < -0.3 is 14.7 Å². The van der Waals surface area contributed by atoms with E-state index >= 15 is 0 Å². The van der Waals surface area contributed by atoms with Gasteiger partial charge in [-0.3, -0.25) is 9.59 Å². The number of nitrogens with zero attached hydrogens (tertiary/aromatic N) is 1. The number of aliphatic carboxylic acids is 1. The number of benzene rings is 1. The highest BCUT2D eigenvalue weighted by Crippen LogP contribution is 2.39. The lowest BCUT2D eigenvalue weighted by Gasteiger charge is -2.17. The van der Waals surface area contributed by atoms with Gasteiger partial charge in [0.1, 0.15) is 5.75 Å². The van der Waals surface area contributed by atoms with Crippen LogP contribution in [0.4, 0.5) is 0 Å². The lowest BCUT2D eigenvalue weighted by atomic mass is 10.1. The molecule has 1 N–H and O–H groups in total. The van der Waals surface area contributed by atoms with Crippen molar-refractivity contribution in [1.29, 1.82) is 0 Å². The number of carbonyl (C=O) groups is 2. The maximum atomic E-state index is 12.0. The molecule has 0 bridgehead atoms. The van der Waals surface area contributed by atoms with Crippen LogP contribution in [0.25, 0.3) is 0 Å². The van der Waals surface area contributed by atoms with Crippen LogP contribution in [0.15, 0.2) is 24.3 Å². The van der Waals surface area contributed by atoms with Crippen molar-refractivity contribution in [3.63, 3.8) is 0 Å². The van der Waals surface area contributed by atoms with E-state index in [0.717, 1.165) is 18.6 Å². The standard InChI is InChI=1S/C16H21NO4/c1-17(15(18)13-10-14(13)16(19)20)9-3-4-11-5-7-12(21-2)8-6-11/h5-8,13-14H,3-4,9-10H2,1-2H3,(H,19,20)/t13-,14-/m0/s1. The zero-order valence-corrected chi connectivity index (χ0v) is 12.4. The molecule has 1 aromatic rings. The minimum Gasteiger partial charge on any atom is -0.497 e. The Morgan fingerprint density at radius 2 is 1.95 bits per heavy atom. The molecule has 0 aliphatic heterocycles. The van der Waals surface area contributed by atoms with Crippen LogP contribution in [0.2, 0.25) is 0 Å². The number of carbonyl (C=O) groups excluding carboxylic acids is 1. The van der Waals surface area contributed by atoms with Gasteiger partial charge in [0.15, 0.2) is 0 Å². The molecule has 1 fully saturated rings. The van der Waals surface area contributed by atoms with Crippen molar-refractivity contribution in [2.24, 2.45) is 11.8 Å². The number of hydrogen-bond acceptors (Lipinski definition) is 3. The van der Waals surface area contributed by atoms with E-state index in [1.807, 2.05) is 24.3 Å². The second kappa shape index (κ2) is 6.61. The van der Waals surface area contributed by atoms with Gasteiger partial charge in [-0.2, -0.15) is 0 Å². The second-order valence-corrected chi connectivity index (χ2v) is 5.50. The van der Waals surface area contributed by atoms with Crippen molar-refractivity contribution >= 4 is 11.9 Å². The number of aryl methyl sites for hydroxylation is 1. The lowest BCUT2D eigenvalue weighted by Crippen LogP contribution is -2.30. The first-order valence-corrected chi connectivity index (χ1v) is 7.13. The van der Waals surface area contributed by atoms with Crippen molar-refractivity contribution in [2.45, 2.75) is 19.3 Å². The first kappa shape index (κ1) is 15.4. The predicted octanol–water partition coefficient (Wildman–Crippen LogP) is 1.81. The molecular weight excluding hydrogens is 270 g/mol. The van der Waals surface area contributed by atoms with Crippen LogP contribution in [-0.4, -0.2) is 42.6 Å². The summed E-state index contributed by atoms with van der Waals surface area (Å²) in [5.74, 6) is -0.855. The maximum absolute atomic E-state index is 12.0. The van der Waals surface area contributed by atoms with Crippen LogP contribution in [0.5, 0.6) is 5.75 Å². The molecule has 2 atom stereocenters. The van der Waals surface area contributed by atoms with Crippen LogP contribution >= 0.6 is 0 Å². The molecule has 0 heterocycles. The molecule has 0 radical (unpaired) electrons. The number of hydrogen-bond donors (Lipinski definition) is 1. The summed E-state index contributed by atoms with van der Waals surface area (Å²) in [5.41, 5.74) is 1.20. The molecule has 0 unspecified atom stereocenters. The molecule has 2 rings (SSSR count). The number of ether oxygens (including phenoxy) is 1. The summed E-state index contributed by atoms with van der Waals surface area (Å²) in [6.45, 7) is 0.647. The summed E-state index contributed by atoms with van der Waals surface area (Å²) >= 11 is 0. The Bertz CT molecular complexity index is 512. The highest BCUT2D eigenvalue weighted by molar-refractivity contribution is 5.89. The molecule has 1 amide bonds. The zero-order chi connectivity index (χ0) is 15.4. The number of carboxylic acid groups (broad SMARTS) is 1. The Morgan fingerprint density at radius 1 is 1.29 bits per heavy atom. The molecule has 21 heavy (non-hydrogen) atoms. The second-order valence-electron chi connectivity index (χ2n) is 5.50. The van der Waals surface area contributed by atoms with Crippen molar-refractivity contribution in [3.05, 3.63) is 29.8 Å². The third-order valence-corrected chi connectivity index (χ3v) is 3.92. The Labute approximate surface area is 124 Å². The number of methoxy groups -OCH3 is 1. The topological polar surface area (TPSA) is 66.8 Å². The molecular formula is C16H21NO4. The monoisotopic (exact) mass is 291 g/mol. The van der Waals surface area contributed by atoms with E-state index < -0.39 is 11.9 Å². The third kappa shape index (κ3) is 3.97. The Balaban J connectivity index is 1.72. The highest BCUT2D eigenvalue weighted by atomic mass is 16.5. The zero-order valence-electron chi connectivity index (χ0n) is 12.4. The van der Waals surface area contributed by atoms with Crippen LogP contribution in [0.3, 0.4) is 0 Å². The first-order chi connectivity index (χ1) is 10.0. The summed E-state index contributed by atoms with van der Waals surface area (Å²) < 4.78 is 5.11. The van der Waals surface area contributed by atoms with Gasteiger partial charge in [-0.25, -0.2) is 0 Å². The quantitative estimate of drug-likeness (QED) is 0.832. The summed E-state index contributed by atoms with van der Waals surface area (Å²) in [6, 6.07) is 7.88. The number of rotatable bonds is 7. The van der Waals surface area contributed by atoms with E-state index in [1.54, 1.807) is 19.1 Å². The summed E-state index contributed by atoms with van der Waals surface area (Å²) in [7, 11) is 3.38. The SMILES string of the molecule is COc1ccc(CCCN(C)C(=O)[C@H]2C[C@@H]2C(=O)O)cc1. The normalized spacial score (nSPS) is 19.9. The number of carboxylic acids is 1. The summed E-state index contributed by atoms with van der Waals surface area (Å²) in [6.07, 6.45) is 2.23. The molecule has 5 heteroatoms. The predicted molar refractivity (Wildman–Crippen MR) is 78.2 cm³/mol. The van der Waals surface area contributed by atoms with Crippen LogP contribution in [0.1, 0.15) is 18.4 Å². The van der Waals surface area contributed by atoms with E-state index in [0.29, 0.717) is 13.0 Å². The molecule has 0 spiro atoms. The Kier molecular flexibility index (Phi) is 4.83. The molecule has 0 aromatic heterocycles. The summed E-state index contributed by atoms with van der Waals surface area (Å²) in [4.78, 5) is 24.4. The van der Waals surface area contributed by atoms with E-state index in [4.69, 9.17) is 9.84 Å². The van der Waals surface area contributed by atoms with E-state index in [9.17, 15) is 9.59 Å². The van der Waals surface area contributed by atoms with Gasteiger partial charge in [0.2, 0.25) is 5.91 Å². The van der Waals surface area contributed by atoms with Gasteiger partial charge in [-0.05, 0) is 37.0 Å². The largest absolute Gasteiger partial charge is 0.497 e. The lowest BCUT2D eigenvalue weighted by molar-refractivity contribution is -0.141. The summed E-state index contributed by atoms with van der Waals surface area (Å²) in [5, 5.41) is 8.84. The van der Waals surface area contributed by atoms with Gasteiger partial charge in [0.05, 0.1) is 18.9 Å². The van der Waals surface area contributed by atoms with Crippen molar-refractivity contribution in [2.75, 3.05) is 20.7 Å². The van der Waals surface area contributed by atoms with Gasteiger partial charge in [0.25, 0.3) is 0 Å². The Morgan fingerprint density at radius 3 is 2.48 bits per heavy atom. The van der Waals surface area contributed by atoms with Crippen LogP contribution in [0, 0.1) is 11.8 Å². The molecule has 1 saturated carbocycles. The minimum absolute atomic E-state index is 0.0443. The van der Waals surface area contributed by atoms with Gasteiger partial charge in [-0.15, -0.1) is 0 Å². The molecule has 114 valence electrons. The molecule has 1 aliphatic rings. The maximum Gasteiger partial charge on any atom is 0.307 e. The molecule has 0 saturated heterocycles. The Hall–Kier alpha value is -2.04. The minimum atomic E-state index is -0.861. The van der Waals surface area contributed by atoms with Gasteiger partial charge >= 0.3 is 5.97 Å². The van der Waals surface area contributed by atoms with Crippen LogP contribution < -0.4 is 4.74 Å². The fourth-order valence-corrected chi connectivity index (χ4v) is 2.45. The first-order valence-electron chi connectivity index (χ1n) is 7.13. The van der Waals surface area contributed by atoms with Crippen molar-refractivity contribution in [1.82, 2.24) is 4.90 Å². The third-order valence-electron chi connectivity index (χ3n) is 3.92. The average Bonchev–Trinajstić information content (AvgIpc) is 3.27. The van der Waals surface area contributed by atoms with E-state index in [2.05, 4.69) is 0 Å². The number of amides is 1. The van der Waals surface area contributed by atoms with E-state index in [1.165, 1.54) is 5.56 Å². The van der Waals surface area contributed by atoms with Gasteiger partial charge in [-0.1, -0.05) is 12.1 Å². The molecule has 1 aromatic carbocycles. The van der Waals surface area contributed by atoms with Crippen molar-refractivity contribution in [3.8, 4) is 5.75 Å². The smallest absolute Gasteiger partial charge is 0.307 e. The van der Waals surface area contributed by atoms with Crippen LogP contribution in [-0.2, 0) is 16.0 Å². The molecule has 5 nitrogen and oxygen atoms in total. The highest BCUT2D eigenvalue weighted by Gasteiger charge is 2.49.